The topological polar surface area (TPSA) is 59.2 Å². The summed E-state index contributed by atoms with van der Waals surface area (Å²) in [4.78, 5) is 4.60. The summed E-state index contributed by atoms with van der Waals surface area (Å²) in [5, 5.41) is 14.1. The Bertz CT molecular complexity index is 382. The number of hydrogen-bond donors (Lipinski definition) is 1. The van der Waals surface area contributed by atoms with Gasteiger partial charge in [0.15, 0.2) is 5.82 Å². The molecule has 2 heterocycles. The Labute approximate surface area is 112 Å². The van der Waals surface area contributed by atoms with Crippen molar-refractivity contribution in [3.63, 3.8) is 0 Å². The first-order valence-corrected chi connectivity index (χ1v) is 8.01. The predicted octanol–water partition coefficient (Wildman–Crippen LogP) is 3.05. The fourth-order valence-electron chi connectivity index (χ4n) is 2.81. The molecule has 1 N–H and O–H groups in total. The van der Waals surface area contributed by atoms with Crippen LogP contribution in [0.25, 0.3) is 0 Å². The Morgan fingerprint density at radius 3 is 2.67 bits per heavy atom. The lowest BCUT2D eigenvalue weighted by Gasteiger charge is -2.22. The second kappa shape index (κ2) is 5.61. The van der Waals surface area contributed by atoms with Gasteiger partial charge in [-0.25, -0.2) is 0 Å². The van der Waals surface area contributed by atoms with Crippen molar-refractivity contribution in [2.45, 2.75) is 62.2 Å². The number of thioether (sulfide) groups is 1. The predicted molar refractivity (Wildman–Crippen MR) is 70.6 cm³/mol. The van der Waals surface area contributed by atoms with E-state index in [9.17, 15) is 5.11 Å². The van der Waals surface area contributed by atoms with E-state index in [1.165, 1.54) is 25.0 Å². The summed E-state index contributed by atoms with van der Waals surface area (Å²) in [7, 11) is 0. The molecule has 1 aliphatic carbocycles. The van der Waals surface area contributed by atoms with Gasteiger partial charge in [0.2, 0.25) is 5.89 Å². The van der Waals surface area contributed by atoms with Crippen LogP contribution >= 0.6 is 11.8 Å². The maximum absolute atomic E-state index is 9.51. The molecular formula is C13H20N2O2S. The molecule has 1 unspecified atom stereocenters. The fourth-order valence-corrected chi connectivity index (χ4v) is 4.04. The lowest BCUT2D eigenvalue weighted by Crippen LogP contribution is -2.17. The highest BCUT2D eigenvalue weighted by atomic mass is 32.2. The third-order valence-corrected chi connectivity index (χ3v) is 5.34. The zero-order valence-electron chi connectivity index (χ0n) is 10.5. The monoisotopic (exact) mass is 268 g/mol. The molecule has 0 amide bonds. The molecule has 0 bridgehead atoms. The molecule has 1 aromatic rings. The molecule has 5 heteroatoms. The van der Waals surface area contributed by atoms with Gasteiger partial charge in [0.1, 0.15) is 0 Å². The molecule has 2 fully saturated rings. The van der Waals surface area contributed by atoms with Gasteiger partial charge in [-0.15, -0.1) is 0 Å². The van der Waals surface area contributed by atoms with Gasteiger partial charge in [0.25, 0.3) is 0 Å². The van der Waals surface area contributed by atoms with Crippen molar-refractivity contribution in [1.29, 1.82) is 0 Å². The first-order valence-electron chi connectivity index (χ1n) is 6.96. The molecule has 1 saturated heterocycles. The highest BCUT2D eigenvalue weighted by Crippen LogP contribution is 2.38. The Hall–Kier alpha value is -0.550. The van der Waals surface area contributed by atoms with Crippen LogP contribution in [0, 0.1) is 0 Å². The van der Waals surface area contributed by atoms with Gasteiger partial charge in [0.05, 0.1) is 11.4 Å². The van der Waals surface area contributed by atoms with E-state index in [4.69, 9.17) is 4.52 Å². The second-order valence-corrected chi connectivity index (χ2v) is 6.66. The van der Waals surface area contributed by atoms with Crippen molar-refractivity contribution < 1.29 is 9.63 Å². The minimum absolute atomic E-state index is 0.127. The Kier molecular flexibility index (Phi) is 3.89. The summed E-state index contributed by atoms with van der Waals surface area (Å²) in [5.74, 6) is 3.26. The first kappa shape index (κ1) is 12.5. The van der Waals surface area contributed by atoms with E-state index in [-0.39, 0.29) is 6.10 Å². The SMILES string of the molecule is OC1CCC(c2nc(C3CCCCS3)no2)CC1. The molecule has 0 radical (unpaired) electrons. The van der Waals surface area contributed by atoms with Crippen LogP contribution in [0.5, 0.6) is 0 Å². The third-order valence-electron chi connectivity index (χ3n) is 3.97. The van der Waals surface area contributed by atoms with Crippen LogP contribution in [-0.4, -0.2) is 27.1 Å². The van der Waals surface area contributed by atoms with Crippen LogP contribution in [0.15, 0.2) is 4.52 Å². The van der Waals surface area contributed by atoms with Gasteiger partial charge in [-0.05, 0) is 44.3 Å². The number of aromatic nitrogens is 2. The Morgan fingerprint density at radius 2 is 1.94 bits per heavy atom. The maximum Gasteiger partial charge on any atom is 0.229 e. The van der Waals surface area contributed by atoms with E-state index in [2.05, 4.69) is 10.1 Å². The molecule has 4 nitrogen and oxygen atoms in total. The van der Waals surface area contributed by atoms with Crippen LogP contribution in [0.2, 0.25) is 0 Å². The van der Waals surface area contributed by atoms with Gasteiger partial charge in [-0.3, -0.25) is 0 Å². The highest BCUT2D eigenvalue weighted by molar-refractivity contribution is 7.99. The highest BCUT2D eigenvalue weighted by Gasteiger charge is 2.27. The van der Waals surface area contributed by atoms with Gasteiger partial charge >= 0.3 is 0 Å². The van der Waals surface area contributed by atoms with Gasteiger partial charge < -0.3 is 9.63 Å². The molecule has 1 atom stereocenters. The van der Waals surface area contributed by atoms with E-state index < -0.39 is 0 Å². The molecule has 1 saturated carbocycles. The largest absolute Gasteiger partial charge is 0.393 e. The van der Waals surface area contributed by atoms with Crippen molar-refractivity contribution in [2.75, 3.05) is 5.75 Å². The lowest BCUT2D eigenvalue weighted by molar-refractivity contribution is 0.116. The maximum atomic E-state index is 9.51. The van der Waals surface area contributed by atoms with E-state index >= 15 is 0 Å². The Balaban J connectivity index is 1.65. The average Bonchev–Trinajstić information content (AvgIpc) is 2.90. The number of aliphatic hydroxyl groups excluding tert-OH is 1. The zero-order valence-corrected chi connectivity index (χ0v) is 11.4. The number of hydrogen-bond acceptors (Lipinski definition) is 5. The van der Waals surface area contributed by atoms with E-state index in [1.54, 1.807) is 0 Å². The normalized spacial score (nSPS) is 33.5. The summed E-state index contributed by atoms with van der Waals surface area (Å²) >= 11 is 1.95. The van der Waals surface area contributed by atoms with Gasteiger partial charge in [-0.1, -0.05) is 11.6 Å². The molecule has 2 aliphatic rings. The summed E-state index contributed by atoms with van der Waals surface area (Å²) in [6, 6.07) is 0. The van der Waals surface area contributed by atoms with Crippen LogP contribution in [-0.2, 0) is 0 Å². The number of nitrogens with zero attached hydrogens (tertiary/aromatic N) is 2. The molecule has 0 aromatic carbocycles. The van der Waals surface area contributed by atoms with Crippen molar-refractivity contribution in [3.05, 3.63) is 11.7 Å². The van der Waals surface area contributed by atoms with E-state index in [1.807, 2.05) is 11.8 Å². The molecule has 100 valence electrons. The van der Waals surface area contributed by atoms with Crippen molar-refractivity contribution >= 4 is 11.8 Å². The summed E-state index contributed by atoms with van der Waals surface area (Å²) < 4.78 is 5.44. The van der Waals surface area contributed by atoms with Gasteiger partial charge in [-0.2, -0.15) is 16.7 Å². The number of aliphatic hydroxyl groups is 1. The van der Waals surface area contributed by atoms with E-state index in [0.29, 0.717) is 11.2 Å². The Morgan fingerprint density at radius 1 is 1.11 bits per heavy atom. The quantitative estimate of drug-likeness (QED) is 0.893. The standard InChI is InChI=1S/C13H20N2O2S/c16-10-6-4-9(5-7-10)13-14-12(15-17-13)11-3-1-2-8-18-11/h9-11,16H,1-8H2. The summed E-state index contributed by atoms with van der Waals surface area (Å²) in [6.07, 6.45) is 7.30. The second-order valence-electron chi connectivity index (χ2n) is 5.35. The van der Waals surface area contributed by atoms with Gasteiger partial charge in [0, 0.05) is 5.92 Å². The third kappa shape index (κ3) is 2.72. The van der Waals surface area contributed by atoms with Crippen molar-refractivity contribution in [3.8, 4) is 0 Å². The molecule has 1 aliphatic heterocycles. The van der Waals surface area contributed by atoms with Crippen LogP contribution in [0.1, 0.15) is 67.8 Å². The minimum atomic E-state index is -0.127. The molecule has 1 aromatic heterocycles. The van der Waals surface area contributed by atoms with Crippen molar-refractivity contribution in [1.82, 2.24) is 10.1 Å². The summed E-state index contributed by atoms with van der Waals surface area (Å²) in [5.41, 5.74) is 0. The average molecular weight is 268 g/mol. The smallest absolute Gasteiger partial charge is 0.229 e. The number of rotatable bonds is 2. The first-order chi connectivity index (χ1) is 8.83. The molecule has 0 spiro atoms. The minimum Gasteiger partial charge on any atom is -0.393 e. The van der Waals surface area contributed by atoms with Crippen LogP contribution in [0.3, 0.4) is 0 Å². The zero-order chi connectivity index (χ0) is 12.4. The fraction of sp³-hybridized carbons (Fsp3) is 0.846. The summed E-state index contributed by atoms with van der Waals surface area (Å²) in [6.45, 7) is 0. The molecular weight excluding hydrogens is 248 g/mol. The van der Waals surface area contributed by atoms with E-state index in [0.717, 1.165) is 37.4 Å². The lowest BCUT2D eigenvalue weighted by atomic mass is 9.87. The van der Waals surface area contributed by atoms with Crippen LogP contribution in [0.4, 0.5) is 0 Å². The molecule has 18 heavy (non-hydrogen) atoms. The van der Waals surface area contributed by atoms with Crippen LogP contribution < -0.4 is 0 Å². The molecule has 3 rings (SSSR count). The van der Waals surface area contributed by atoms with Crippen molar-refractivity contribution in [2.24, 2.45) is 0 Å².